The van der Waals surface area contributed by atoms with Crippen molar-refractivity contribution < 1.29 is 23.5 Å². The molecule has 0 saturated heterocycles. The number of cyclic esters (lactones) is 1. The van der Waals surface area contributed by atoms with Gasteiger partial charge in [-0.15, -0.1) is 0 Å². The molecule has 2 heterocycles. The van der Waals surface area contributed by atoms with E-state index in [0.29, 0.717) is 0 Å². The molecular formula is C13H10O5. The summed E-state index contributed by atoms with van der Waals surface area (Å²) in [5.41, 5.74) is -0.0248. The molecule has 0 aliphatic carbocycles. The number of hydrogen-bond donors (Lipinski definition) is 0. The molecule has 1 aromatic heterocycles. The molecule has 5 nitrogen and oxygen atoms in total. The van der Waals surface area contributed by atoms with Crippen LogP contribution in [0, 0.1) is 5.92 Å². The molecule has 1 atom stereocenters. The smallest absolute Gasteiger partial charge is 0.329 e. The highest BCUT2D eigenvalue weighted by Gasteiger charge is 2.39. The molecule has 1 aliphatic rings. The van der Waals surface area contributed by atoms with Crippen molar-refractivity contribution in [2.24, 2.45) is 5.92 Å². The van der Waals surface area contributed by atoms with Gasteiger partial charge in [-0.3, -0.25) is 14.4 Å². The number of carbonyl (C=O) groups excluding carboxylic acids is 3. The average Bonchev–Trinajstić information content (AvgIpc) is 2.79. The van der Waals surface area contributed by atoms with E-state index in [9.17, 15) is 14.4 Å². The van der Waals surface area contributed by atoms with E-state index in [4.69, 9.17) is 9.15 Å². The summed E-state index contributed by atoms with van der Waals surface area (Å²) >= 11 is 0. The molecule has 1 aromatic rings. The minimum Gasteiger partial charge on any atom is -0.464 e. The number of Topliss-reactive ketones (excluding diaryl/α,β-unsaturated/α-hetero) is 1. The fourth-order valence-electron chi connectivity index (χ4n) is 1.63. The highest BCUT2D eigenvalue weighted by atomic mass is 16.5. The Morgan fingerprint density at radius 2 is 2.11 bits per heavy atom. The average molecular weight is 246 g/mol. The Morgan fingerprint density at radius 3 is 2.67 bits per heavy atom. The van der Waals surface area contributed by atoms with Crippen LogP contribution >= 0.6 is 0 Å². The molecular weight excluding hydrogens is 236 g/mol. The first kappa shape index (κ1) is 12.0. The van der Waals surface area contributed by atoms with Crippen LogP contribution in [0.15, 0.2) is 41.2 Å². The Balaban J connectivity index is 2.27. The lowest BCUT2D eigenvalue weighted by Crippen LogP contribution is -2.35. The molecule has 0 amide bonds. The van der Waals surface area contributed by atoms with Gasteiger partial charge in [0, 0.05) is 6.08 Å². The monoisotopic (exact) mass is 246 g/mol. The van der Waals surface area contributed by atoms with Gasteiger partial charge >= 0.3 is 5.97 Å². The zero-order valence-corrected chi connectivity index (χ0v) is 9.64. The van der Waals surface area contributed by atoms with Crippen LogP contribution in [0.2, 0.25) is 0 Å². The zero-order chi connectivity index (χ0) is 13.3. The molecule has 0 aromatic carbocycles. The van der Waals surface area contributed by atoms with Crippen molar-refractivity contribution in [2.45, 2.75) is 6.92 Å². The van der Waals surface area contributed by atoms with Crippen LogP contribution in [0.3, 0.4) is 0 Å². The molecule has 0 bridgehead atoms. The van der Waals surface area contributed by atoms with E-state index in [0.717, 1.165) is 6.08 Å². The topological polar surface area (TPSA) is 73.6 Å². The number of ketones is 2. The molecule has 1 aliphatic heterocycles. The van der Waals surface area contributed by atoms with Crippen LogP contribution < -0.4 is 0 Å². The minimum absolute atomic E-state index is 0.0248. The Hall–Kier alpha value is -2.43. The normalized spacial score (nSPS) is 19.2. The van der Waals surface area contributed by atoms with E-state index in [2.05, 4.69) is 6.58 Å². The maximum atomic E-state index is 12.0. The van der Waals surface area contributed by atoms with Gasteiger partial charge in [0.2, 0.25) is 0 Å². The first-order valence-corrected chi connectivity index (χ1v) is 5.21. The first-order valence-electron chi connectivity index (χ1n) is 5.21. The summed E-state index contributed by atoms with van der Waals surface area (Å²) in [7, 11) is 0. The zero-order valence-electron chi connectivity index (χ0n) is 9.64. The van der Waals surface area contributed by atoms with Crippen molar-refractivity contribution in [1.82, 2.24) is 0 Å². The molecule has 2 rings (SSSR count). The van der Waals surface area contributed by atoms with Crippen LogP contribution in [0.4, 0.5) is 0 Å². The summed E-state index contributed by atoms with van der Waals surface area (Å²) in [6.07, 6.45) is 2.50. The second-order valence-electron chi connectivity index (χ2n) is 3.83. The fraction of sp³-hybridized carbons (Fsp3) is 0.154. The molecule has 0 spiro atoms. The fourth-order valence-corrected chi connectivity index (χ4v) is 1.63. The van der Waals surface area contributed by atoms with Gasteiger partial charge in [0.05, 0.1) is 11.8 Å². The summed E-state index contributed by atoms with van der Waals surface area (Å²) in [6.45, 7) is 5.01. The summed E-state index contributed by atoms with van der Waals surface area (Å²) in [5.74, 6) is -3.25. The van der Waals surface area contributed by atoms with Crippen LogP contribution in [-0.2, 0) is 19.1 Å². The second kappa shape index (κ2) is 4.44. The van der Waals surface area contributed by atoms with Gasteiger partial charge in [-0.1, -0.05) is 6.58 Å². The van der Waals surface area contributed by atoms with Crippen LogP contribution in [0.25, 0.3) is 5.57 Å². The largest absolute Gasteiger partial charge is 0.464 e. The first-order chi connectivity index (χ1) is 8.50. The Labute approximate surface area is 103 Å². The predicted molar refractivity (Wildman–Crippen MR) is 61.1 cm³/mol. The SMILES string of the molecule is C=C(C(=O)C1C(=O)C=C(C)OC1=O)c1ccco1. The van der Waals surface area contributed by atoms with Gasteiger partial charge in [-0.25, -0.2) is 0 Å². The lowest BCUT2D eigenvalue weighted by Gasteiger charge is -2.17. The van der Waals surface area contributed by atoms with Gasteiger partial charge in [0.25, 0.3) is 0 Å². The number of allylic oxidation sites excluding steroid dienone is 3. The lowest BCUT2D eigenvalue weighted by atomic mass is 9.91. The predicted octanol–water partition coefficient (Wildman–Crippen LogP) is 1.51. The maximum absolute atomic E-state index is 12.0. The van der Waals surface area contributed by atoms with E-state index >= 15 is 0 Å². The van der Waals surface area contributed by atoms with Crippen LogP contribution in [-0.4, -0.2) is 17.5 Å². The number of furan rings is 1. The molecule has 0 N–H and O–H groups in total. The molecule has 92 valence electrons. The summed E-state index contributed by atoms with van der Waals surface area (Å²) < 4.78 is 9.77. The molecule has 1 unspecified atom stereocenters. The summed E-state index contributed by atoms with van der Waals surface area (Å²) in [5, 5.41) is 0. The van der Waals surface area contributed by atoms with Gasteiger partial charge in [-0.2, -0.15) is 0 Å². The van der Waals surface area contributed by atoms with E-state index in [1.807, 2.05) is 0 Å². The number of carbonyl (C=O) groups is 3. The molecule has 0 fully saturated rings. The van der Waals surface area contributed by atoms with E-state index in [-0.39, 0.29) is 17.1 Å². The molecule has 5 heteroatoms. The Bertz CT molecular complexity index is 562. The van der Waals surface area contributed by atoms with Crippen LogP contribution in [0.1, 0.15) is 12.7 Å². The van der Waals surface area contributed by atoms with Crippen molar-refractivity contribution >= 4 is 23.1 Å². The lowest BCUT2D eigenvalue weighted by molar-refractivity contribution is -0.151. The third-order valence-electron chi connectivity index (χ3n) is 2.51. The molecule has 0 radical (unpaired) electrons. The third-order valence-corrected chi connectivity index (χ3v) is 2.51. The number of esters is 1. The van der Waals surface area contributed by atoms with Crippen molar-refractivity contribution in [2.75, 3.05) is 0 Å². The second-order valence-corrected chi connectivity index (χ2v) is 3.83. The summed E-state index contributed by atoms with van der Waals surface area (Å²) in [6, 6.07) is 3.11. The van der Waals surface area contributed by atoms with Crippen molar-refractivity contribution in [1.29, 1.82) is 0 Å². The third kappa shape index (κ3) is 2.02. The van der Waals surface area contributed by atoms with Gasteiger partial charge < -0.3 is 9.15 Å². The quantitative estimate of drug-likeness (QED) is 0.459. The molecule has 0 saturated carbocycles. The maximum Gasteiger partial charge on any atom is 0.329 e. The van der Waals surface area contributed by atoms with E-state index < -0.39 is 23.5 Å². The Morgan fingerprint density at radius 1 is 1.39 bits per heavy atom. The highest BCUT2D eigenvalue weighted by Crippen LogP contribution is 2.23. The van der Waals surface area contributed by atoms with E-state index in [1.165, 1.54) is 19.3 Å². The minimum atomic E-state index is -1.48. The van der Waals surface area contributed by atoms with Crippen molar-refractivity contribution in [3.8, 4) is 0 Å². The highest BCUT2D eigenvalue weighted by molar-refractivity contribution is 6.35. The van der Waals surface area contributed by atoms with Crippen molar-refractivity contribution in [3.05, 3.63) is 42.6 Å². The number of rotatable bonds is 3. The van der Waals surface area contributed by atoms with Gasteiger partial charge in [-0.05, 0) is 19.1 Å². The standard InChI is InChI=1S/C13H10O5/c1-7-6-9(14)11(13(16)18-7)12(15)8(2)10-4-3-5-17-10/h3-6,11H,2H2,1H3. The van der Waals surface area contributed by atoms with Crippen molar-refractivity contribution in [3.63, 3.8) is 0 Å². The Kier molecular flexibility index (Phi) is 2.97. The van der Waals surface area contributed by atoms with E-state index in [1.54, 1.807) is 6.07 Å². The van der Waals surface area contributed by atoms with Gasteiger partial charge in [0.15, 0.2) is 17.5 Å². The number of ether oxygens (including phenoxy) is 1. The van der Waals surface area contributed by atoms with Gasteiger partial charge in [0.1, 0.15) is 11.5 Å². The summed E-state index contributed by atoms with van der Waals surface area (Å²) in [4.78, 5) is 35.2. The van der Waals surface area contributed by atoms with Crippen LogP contribution in [0.5, 0.6) is 0 Å². The molecule has 18 heavy (non-hydrogen) atoms. The number of hydrogen-bond acceptors (Lipinski definition) is 5.